The molecule has 0 aliphatic heterocycles. The number of imidazole rings is 2. The number of rotatable bonds is 20. The van der Waals surface area contributed by atoms with Gasteiger partial charge >= 0.3 is 19.5 Å². The van der Waals surface area contributed by atoms with Gasteiger partial charge in [0.2, 0.25) is 0 Å². The van der Waals surface area contributed by atoms with Crippen LogP contribution in [0.15, 0.2) is 163 Å². The smallest absolute Gasteiger partial charge is 0.488 e. The van der Waals surface area contributed by atoms with Gasteiger partial charge < -0.3 is 38.1 Å². The Labute approximate surface area is 461 Å². The van der Waals surface area contributed by atoms with E-state index in [1.165, 1.54) is 21.5 Å². The largest absolute Gasteiger partial charge is 0.489 e. The van der Waals surface area contributed by atoms with Gasteiger partial charge in [-0.15, -0.1) is 0 Å². The highest BCUT2D eigenvalue weighted by molar-refractivity contribution is 9.10. The van der Waals surface area contributed by atoms with Crippen LogP contribution in [0.25, 0.3) is 34.0 Å². The molecule has 0 radical (unpaired) electrons. The number of hydrogen-bond donors (Lipinski definition) is 2. The molecule has 0 spiro atoms. The zero-order valence-corrected chi connectivity index (χ0v) is 47.7. The highest BCUT2D eigenvalue weighted by Gasteiger charge is 2.36. The van der Waals surface area contributed by atoms with Gasteiger partial charge in [0, 0.05) is 70.8 Å². The van der Waals surface area contributed by atoms with E-state index in [4.69, 9.17) is 29.0 Å². The molecule has 0 fully saturated rings. The lowest BCUT2D eigenvalue weighted by Gasteiger charge is -2.16. The van der Waals surface area contributed by atoms with Crippen LogP contribution in [0.4, 0.5) is 26.3 Å². The second-order valence-electron chi connectivity index (χ2n) is 20.3. The summed E-state index contributed by atoms with van der Waals surface area (Å²) in [6, 6.07) is 42.7. The lowest BCUT2D eigenvalue weighted by atomic mass is 9.80. The zero-order chi connectivity index (χ0) is 56.5. The monoisotopic (exact) mass is 1170 g/mol. The van der Waals surface area contributed by atoms with Gasteiger partial charge in [-0.3, -0.25) is 4.98 Å². The Morgan fingerprint density at radius 2 is 0.936 bits per heavy atom. The van der Waals surface area contributed by atoms with E-state index in [0.717, 1.165) is 46.9 Å². The van der Waals surface area contributed by atoms with E-state index in [9.17, 15) is 26.3 Å². The molecule has 2 N–H and O–H groups in total. The Morgan fingerprint density at radius 3 is 1.31 bits per heavy atom. The molecule has 8 rings (SSSR count). The second kappa shape index (κ2) is 28.0. The number of alkyl halides is 6. The quantitative estimate of drug-likeness (QED) is 0.0328. The van der Waals surface area contributed by atoms with E-state index in [1.807, 2.05) is 84.9 Å². The SMILES string of the molecule is C[Si](C)(C)CCOCn1cc(C(F)(F)F)nc1-c1ccc(-c2ccc(OCc3ccccc3)cc2)nc1.C[Si](C)(C)CCOCn1cc(C(F)(F)F)nc1-c1ccc(Br)nc1.OB(O)c1ccc(OCc2ccccc2)cc1. The molecule has 0 aliphatic carbocycles. The summed E-state index contributed by atoms with van der Waals surface area (Å²) in [4.78, 5) is 16.1. The third-order valence-electron chi connectivity index (χ3n) is 11.4. The molecule has 0 saturated heterocycles. The first-order valence-electron chi connectivity index (χ1n) is 24.8. The minimum atomic E-state index is -4.55. The first-order chi connectivity index (χ1) is 36.9. The molecule has 4 aromatic carbocycles. The van der Waals surface area contributed by atoms with E-state index >= 15 is 0 Å². The van der Waals surface area contributed by atoms with Crippen LogP contribution in [0, 0.1) is 0 Å². The number of hydrogen-bond acceptors (Lipinski definition) is 10. The Hall–Kier alpha value is -6.40. The minimum Gasteiger partial charge on any atom is -0.489 e. The molecule has 4 heterocycles. The molecular weight excluding hydrogens is 1110 g/mol. The third kappa shape index (κ3) is 20.1. The summed E-state index contributed by atoms with van der Waals surface area (Å²) in [6.07, 6.45) is -4.06. The molecule has 22 heteroatoms. The van der Waals surface area contributed by atoms with Crippen LogP contribution in [-0.2, 0) is 48.5 Å². The molecule has 78 heavy (non-hydrogen) atoms. The van der Waals surface area contributed by atoms with Crippen LogP contribution >= 0.6 is 15.9 Å². The number of halogens is 7. The maximum atomic E-state index is 13.4. The van der Waals surface area contributed by atoms with Gasteiger partial charge in [-0.05, 0) is 105 Å². The summed E-state index contributed by atoms with van der Waals surface area (Å²) >= 11 is 3.20. The van der Waals surface area contributed by atoms with Gasteiger partial charge in [0.25, 0.3) is 0 Å². The van der Waals surface area contributed by atoms with Gasteiger partial charge in [0.1, 0.15) is 54.4 Å². The fraction of sp³-hybridized carbons (Fsp3) is 0.286. The van der Waals surface area contributed by atoms with Crippen LogP contribution in [0.5, 0.6) is 11.5 Å². The van der Waals surface area contributed by atoms with Crippen molar-refractivity contribution >= 4 is 44.7 Å². The number of nitrogens with zero attached hydrogens (tertiary/aromatic N) is 6. The Kier molecular flexibility index (Phi) is 21.8. The molecule has 412 valence electrons. The van der Waals surface area contributed by atoms with Crippen LogP contribution in [0.3, 0.4) is 0 Å². The highest BCUT2D eigenvalue weighted by Crippen LogP contribution is 2.33. The summed E-state index contributed by atoms with van der Waals surface area (Å²) in [7, 11) is -3.99. The zero-order valence-electron chi connectivity index (χ0n) is 44.1. The van der Waals surface area contributed by atoms with E-state index in [1.54, 1.807) is 48.5 Å². The van der Waals surface area contributed by atoms with E-state index in [-0.39, 0.29) is 25.1 Å². The normalized spacial score (nSPS) is 11.8. The molecule has 0 saturated carbocycles. The first kappa shape index (κ1) is 60.8. The van der Waals surface area contributed by atoms with Gasteiger partial charge in [-0.1, -0.05) is 112 Å². The molecule has 0 aliphatic rings. The Bertz CT molecular complexity index is 3050. The molecule has 0 atom stereocenters. The number of ether oxygens (including phenoxy) is 4. The van der Waals surface area contributed by atoms with Crippen LogP contribution in [0.2, 0.25) is 51.4 Å². The second-order valence-corrected chi connectivity index (χ2v) is 32.4. The predicted molar refractivity (Wildman–Crippen MR) is 300 cm³/mol. The minimum absolute atomic E-state index is 0.00487. The van der Waals surface area contributed by atoms with E-state index in [2.05, 4.69) is 75.1 Å². The highest BCUT2D eigenvalue weighted by atomic mass is 79.9. The Balaban J connectivity index is 0.000000206. The van der Waals surface area contributed by atoms with Gasteiger partial charge in [-0.25, -0.2) is 15.0 Å². The van der Waals surface area contributed by atoms with Crippen molar-refractivity contribution in [3.63, 3.8) is 0 Å². The lowest BCUT2D eigenvalue weighted by Crippen LogP contribution is -2.29. The molecule has 0 amide bonds. The van der Waals surface area contributed by atoms with Gasteiger partial charge in [0.15, 0.2) is 11.4 Å². The summed E-state index contributed by atoms with van der Waals surface area (Å²) < 4.78 is 105. The number of pyridine rings is 2. The summed E-state index contributed by atoms with van der Waals surface area (Å²) in [5, 5.41) is 17.9. The fourth-order valence-electron chi connectivity index (χ4n) is 6.99. The predicted octanol–water partition coefficient (Wildman–Crippen LogP) is 13.5. The fourth-order valence-corrected chi connectivity index (χ4v) is 8.74. The third-order valence-corrected chi connectivity index (χ3v) is 15.3. The van der Waals surface area contributed by atoms with Gasteiger partial charge in [-0.2, -0.15) is 26.3 Å². The standard InChI is InChI=1S/C28H30F3N3O2Si.C15H19BrF3N3OSi.C13H13BO3/c1-37(2,3)16-15-35-20-34-18-26(28(29,30)31)33-27(34)23-11-14-25(32-17-23)22-9-12-24(13-10-22)36-19-21-7-5-4-6-8-21;1-24(2,3)7-6-23-10-22-9-12(15(17,18)19)21-14(22)11-4-5-13(16)20-8-11;15-14(16)12-6-8-13(9-7-12)17-10-11-4-2-1-3-5-11/h4-14,17-18H,15-16,19-20H2,1-3H3;4-5,8-9H,6-7,10H2,1-3H3;1-9,15-16H,10H2. The molecule has 12 nitrogen and oxygen atoms in total. The van der Waals surface area contributed by atoms with Crippen LogP contribution in [-0.4, -0.2) is 75.6 Å². The average molecular weight is 1180 g/mol. The summed E-state index contributed by atoms with van der Waals surface area (Å²) in [5.41, 5.74) is 3.29. The van der Waals surface area contributed by atoms with E-state index in [0.29, 0.717) is 59.1 Å². The lowest BCUT2D eigenvalue weighted by molar-refractivity contribution is -0.141. The number of benzene rings is 4. The average Bonchev–Trinajstić information content (AvgIpc) is 4.17. The van der Waals surface area contributed by atoms with Crippen molar-refractivity contribution in [2.75, 3.05) is 13.2 Å². The Morgan fingerprint density at radius 1 is 0.526 bits per heavy atom. The summed E-state index contributed by atoms with van der Waals surface area (Å²) in [6.45, 7) is 15.3. The molecular formula is C56H62BBrF6N6O6Si2. The topological polar surface area (TPSA) is 139 Å². The molecule has 0 bridgehead atoms. The first-order valence-corrected chi connectivity index (χ1v) is 33.0. The van der Waals surface area contributed by atoms with Crippen molar-refractivity contribution < 1.29 is 55.3 Å². The maximum absolute atomic E-state index is 13.4. The van der Waals surface area contributed by atoms with Crippen LogP contribution < -0.4 is 14.9 Å². The van der Waals surface area contributed by atoms with Crippen LogP contribution in [0.1, 0.15) is 22.5 Å². The van der Waals surface area contributed by atoms with Crippen molar-refractivity contribution in [2.45, 2.75) is 90.4 Å². The van der Waals surface area contributed by atoms with Crippen molar-refractivity contribution in [3.8, 4) is 45.5 Å². The van der Waals surface area contributed by atoms with Crippen molar-refractivity contribution in [1.82, 2.24) is 29.1 Å². The van der Waals surface area contributed by atoms with Crippen molar-refractivity contribution in [3.05, 3.63) is 185 Å². The number of aromatic nitrogens is 6. The molecule has 0 unspecified atom stereocenters. The molecule has 4 aromatic heterocycles. The van der Waals surface area contributed by atoms with Crippen molar-refractivity contribution in [1.29, 1.82) is 0 Å². The maximum Gasteiger partial charge on any atom is 0.488 e. The van der Waals surface area contributed by atoms with Gasteiger partial charge in [0.05, 0.1) is 5.69 Å². The summed E-state index contributed by atoms with van der Waals surface area (Å²) in [5.74, 6) is 1.80. The van der Waals surface area contributed by atoms with Crippen molar-refractivity contribution in [2.24, 2.45) is 0 Å². The molecule has 8 aromatic rings. The van der Waals surface area contributed by atoms with E-state index < -0.39 is 47.0 Å².